The van der Waals surface area contributed by atoms with Crippen molar-refractivity contribution in [1.82, 2.24) is 0 Å². The lowest BCUT2D eigenvalue weighted by molar-refractivity contribution is -0.165. The van der Waals surface area contributed by atoms with Crippen LogP contribution >= 0.6 is 0 Å². The summed E-state index contributed by atoms with van der Waals surface area (Å²) >= 11 is 0. The summed E-state index contributed by atoms with van der Waals surface area (Å²) in [4.78, 5) is 11.9. The molecule has 3 aliphatic carbocycles. The first kappa shape index (κ1) is 17.4. The summed E-state index contributed by atoms with van der Waals surface area (Å²) in [5, 5.41) is 20.0. The fourth-order valence-electron chi connectivity index (χ4n) is 6.63. The number of rotatable bonds is 0. The molecular formula is C22H27NO3. The summed E-state index contributed by atoms with van der Waals surface area (Å²) in [6.07, 6.45) is 8.17. The number of fused-ring (bicyclic) bond motifs is 4. The number of aliphatic hydroxyl groups is 1. The molecule has 0 amide bonds. The third kappa shape index (κ3) is 2.16. The van der Waals surface area contributed by atoms with Crippen LogP contribution in [0.15, 0.2) is 34.8 Å². The first-order chi connectivity index (χ1) is 12.1. The fraction of sp³-hybridized carbons (Fsp3) is 0.636. The molecular weight excluding hydrogens is 326 g/mol. The fourth-order valence-corrected chi connectivity index (χ4v) is 6.63. The summed E-state index contributed by atoms with van der Waals surface area (Å²) in [5.41, 5.74) is 1.01. The van der Waals surface area contributed by atoms with Crippen molar-refractivity contribution in [2.45, 2.75) is 65.4 Å². The Morgan fingerprint density at radius 1 is 1.19 bits per heavy atom. The van der Waals surface area contributed by atoms with Crippen molar-refractivity contribution in [2.75, 3.05) is 0 Å². The number of carbonyl (C=O) groups excluding carboxylic acids is 1. The topological polar surface area (TPSA) is 70.3 Å². The van der Waals surface area contributed by atoms with Gasteiger partial charge in [0.15, 0.2) is 5.76 Å². The Morgan fingerprint density at radius 2 is 1.92 bits per heavy atom. The zero-order valence-corrected chi connectivity index (χ0v) is 16.1. The van der Waals surface area contributed by atoms with Gasteiger partial charge in [-0.1, -0.05) is 27.2 Å². The van der Waals surface area contributed by atoms with Gasteiger partial charge in [0.05, 0.1) is 6.07 Å². The summed E-state index contributed by atoms with van der Waals surface area (Å²) < 4.78 is 6.39. The second kappa shape index (κ2) is 5.25. The second-order valence-electron chi connectivity index (χ2n) is 9.63. The predicted molar refractivity (Wildman–Crippen MR) is 97.9 cm³/mol. The van der Waals surface area contributed by atoms with Gasteiger partial charge in [0.1, 0.15) is 11.4 Å². The monoisotopic (exact) mass is 353 g/mol. The van der Waals surface area contributed by atoms with Crippen molar-refractivity contribution < 1.29 is 14.6 Å². The van der Waals surface area contributed by atoms with Crippen LogP contribution in [0.25, 0.3) is 0 Å². The molecule has 2 fully saturated rings. The van der Waals surface area contributed by atoms with Crippen LogP contribution in [-0.2, 0) is 9.53 Å². The Balaban J connectivity index is 1.93. The van der Waals surface area contributed by atoms with Crippen LogP contribution in [-0.4, -0.2) is 16.5 Å². The van der Waals surface area contributed by atoms with Gasteiger partial charge < -0.3 is 9.84 Å². The van der Waals surface area contributed by atoms with Crippen molar-refractivity contribution >= 4 is 5.78 Å². The van der Waals surface area contributed by atoms with Gasteiger partial charge in [-0.25, -0.2) is 0 Å². The molecule has 0 aromatic rings. The maximum atomic E-state index is 11.9. The SMILES string of the molecule is CC1(C)CCC[C@]2(C)[C@@H]1CC[C@@]1(C)OC3=CC(=O)C(O)=CC3=C(C#N)[C@@H]21. The summed E-state index contributed by atoms with van der Waals surface area (Å²) in [7, 11) is 0. The van der Waals surface area contributed by atoms with Crippen LogP contribution in [0.1, 0.15) is 59.8 Å². The van der Waals surface area contributed by atoms with Crippen LogP contribution < -0.4 is 0 Å². The molecule has 1 N–H and O–H groups in total. The Kier molecular flexibility index (Phi) is 3.51. The van der Waals surface area contributed by atoms with Gasteiger partial charge in [-0.2, -0.15) is 5.26 Å². The summed E-state index contributed by atoms with van der Waals surface area (Å²) in [6.45, 7) is 9.14. The number of allylic oxidation sites excluding steroid dienone is 2. The van der Waals surface area contributed by atoms with Gasteiger partial charge in [0, 0.05) is 23.1 Å². The van der Waals surface area contributed by atoms with E-state index < -0.39 is 11.4 Å². The highest BCUT2D eigenvalue weighted by molar-refractivity contribution is 6.05. The molecule has 0 radical (unpaired) electrons. The number of ketones is 1. The van der Waals surface area contributed by atoms with Crippen molar-refractivity contribution in [3.8, 4) is 6.07 Å². The number of hydrogen-bond donors (Lipinski definition) is 1. The molecule has 4 rings (SSSR count). The van der Waals surface area contributed by atoms with Gasteiger partial charge >= 0.3 is 0 Å². The largest absolute Gasteiger partial charge is 0.504 e. The molecule has 0 saturated heterocycles. The van der Waals surface area contributed by atoms with Gasteiger partial charge in [0.25, 0.3) is 0 Å². The Labute approximate surface area is 155 Å². The molecule has 4 aliphatic rings. The number of ether oxygens (including phenoxy) is 1. The lowest BCUT2D eigenvalue weighted by atomic mass is 9.44. The molecule has 26 heavy (non-hydrogen) atoms. The molecule has 138 valence electrons. The predicted octanol–water partition coefficient (Wildman–Crippen LogP) is 4.75. The standard InChI is InChI=1S/C22H27NO3/c1-20(2)7-5-8-21(3)18(20)6-9-22(4)19(21)14(12-23)13-10-15(24)16(25)11-17(13)26-22/h10-11,18-19,24H,5-9H2,1-4H3/t18-,19+,21-,22-/m1/s1. The molecule has 0 bridgehead atoms. The molecule has 4 nitrogen and oxygen atoms in total. The Bertz CT molecular complexity index is 825. The van der Waals surface area contributed by atoms with Crippen molar-refractivity contribution in [1.29, 1.82) is 5.26 Å². The average Bonchev–Trinajstić information content (AvgIpc) is 2.53. The highest BCUT2D eigenvalue weighted by Crippen LogP contribution is 2.66. The summed E-state index contributed by atoms with van der Waals surface area (Å²) in [6, 6.07) is 2.44. The first-order valence-electron chi connectivity index (χ1n) is 9.63. The highest BCUT2D eigenvalue weighted by Gasteiger charge is 2.62. The minimum absolute atomic E-state index is 0.0245. The smallest absolute Gasteiger partial charge is 0.223 e. The van der Waals surface area contributed by atoms with Crippen molar-refractivity contribution in [2.24, 2.45) is 22.7 Å². The third-order valence-corrected chi connectivity index (χ3v) is 7.58. The molecule has 2 saturated carbocycles. The van der Waals surface area contributed by atoms with E-state index in [4.69, 9.17) is 4.74 Å². The minimum atomic E-state index is -0.486. The Morgan fingerprint density at radius 3 is 2.62 bits per heavy atom. The lowest BCUT2D eigenvalue weighted by Crippen LogP contribution is -2.60. The van der Waals surface area contributed by atoms with Gasteiger partial charge in [0.2, 0.25) is 5.78 Å². The maximum absolute atomic E-state index is 11.9. The van der Waals surface area contributed by atoms with E-state index in [0.717, 1.165) is 25.7 Å². The van der Waals surface area contributed by atoms with E-state index in [1.807, 2.05) is 0 Å². The molecule has 1 aliphatic heterocycles. The average molecular weight is 353 g/mol. The number of nitriles is 1. The second-order valence-corrected chi connectivity index (χ2v) is 9.63. The molecule has 0 spiro atoms. The van der Waals surface area contributed by atoms with E-state index in [-0.39, 0.29) is 22.5 Å². The summed E-state index contributed by atoms with van der Waals surface area (Å²) in [5.74, 6) is 0.178. The van der Waals surface area contributed by atoms with Gasteiger partial charge in [-0.15, -0.1) is 0 Å². The van der Waals surface area contributed by atoms with E-state index in [9.17, 15) is 15.2 Å². The van der Waals surface area contributed by atoms with Crippen LogP contribution in [0.3, 0.4) is 0 Å². The van der Waals surface area contributed by atoms with E-state index in [2.05, 4.69) is 33.8 Å². The van der Waals surface area contributed by atoms with E-state index in [1.54, 1.807) is 0 Å². The highest BCUT2D eigenvalue weighted by atomic mass is 16.5. The Hall–Kier alpha value is -2.02. The molecule has 0 aromatic carbocycles. The van der Waals surface area contributed by atoms with Crippen LogP contribution in [0.4, 0.5) is 0 Å². The molecule has 4 atom stereocenters. The number of aliphatic hydroxyl groups excluding tert-OH is 1. The normalized spacial score (nSPS) is 41.0. The van der Waals surface area contributed by atoms with E-state index in [1.165, 1.54) is 18.6 Å². The minimum Gasteiger partial charge on any atom is -0.504 e. The van der Waals surface area contributed by atoms with E-state index >= 15 is 0 Å². The number of carbonyl (C=O) groups is 1. The third-order valence-electron chi connectivity index (χ3n) is 7.58. The zero-order chi connectivity index (χ0) is 18.9. The molecule has 0 unspecified atom stereocenters. The van der Waals surface area contributed by atoms with Gasteiger partial charge in [-0.3, -0.25) is 4.79 Å². The van der Waals surface area contributed by atoms with E-state index in [0.29, 0.717) is 22.8 Å². The zero-order valence-electron chi connectivity index (χ0n) is 16.1. The van der Waals surface area contributed by atoms with Crippen LogP contribution in [0, 0.1) is 34.0 Å². The number of nitrogens with zero attached hydrogens (tertiary/aromatic N) is 1. The van der Waals surface area contributed by atoms with Crippen LogP contribution in [0.2, 0.25) is 0 Å². The quantitative estimate of drug-likeness (QED) is 0.682. The van der Waals surface area contributed by atoms with Crippen LogP contribution in [0.5, 0.6) is 0 Å². The van der Waals surface area contributed by atoms with Gasteiger partial charge in [-0.05, 0) is 55.4 Å². The molecule has 1 heterocycles. The lowest BCUT2D eigenvalue weighted by Gasteiger charge is -2.63. The van der Waals surface area contributed by atoms with Crippen molar-refractivity contribution in [3.05, 3.63) is 34.8 Å². The van der Waals surface area contributed by atoms with Crippen molar-refractivity contribution in [3.63, 3.8) is 0 Å². The maximum Gasteiger partial charge on any atom is 0.223 e. The molecule has 0 aromatic heterocycles. The molecule has 4 heteroatoms. The number of hydrogen-bond acceptors (Lipinski definition) is 4. The first-order valence-corrected chi connectivity index (χ1v) is 9.63.